The summed E-state index contributed by atoms with van der Waals surface area (Å²) in [7, 11) is 2.27. The molecule has 1 saturated heterocycles. The smallest absolute Gasteiger partial charge is 0.0216 e. The summed E-state index contributed by atoms with van der Waals surface area (Å²) < 4.78 is 0. The van der Waals surface area contributed by atoms with E-state index < -0.39 is 0 Å². The Kier molecular flexibility index (Phi) is 7.39. The molecule has 0 bridgehead atoms. The average Bonchev–Trinajstić information content (AvgIpc) is 2.30. The highest BCUT2D eigenvalue weighted by atomic mass is 15.1. The van der Waals surface area contributed by atoms with Crippen LogP contribution in [0.1, 0.15) is 40.0 Å². The molecule has 0 radical (unpaired) electrons. The van der Waals surface area contributed by atoms with Gasteiger partial charge in [0, 0.05) is 26.1 Å². The molecule has 0 aromatic carbocycles. The highest BCUT2D eigenvalue weighted by Crippen LogP contribution is 2.18. The van der Waals surface area contributed by atoms with E-state index in [1.54, 1.807) is 0 Å². The molecule has 0 spiro atoms. The Balaban J connectivity index is 2.16. The van der Waals surface area contributed by atoms with Crippen molar-refractivity contribution in [3.63, 3.8) is 0 Å². The van der Waals surface area contributed by atoms with Crippen LogP contribution < -0.4 is 0 Å². The van der Waals surface area contributed by atoms with E-state index in [1.807, 2.05) is 6.92 Å². The maximum atomic E-state index is 3.16. The van der Waals surface area contributed by atoms with Crippen molar-refractivity contribution < 1.29 is 0 Å². The zero-order chi connectivity index (χ0) is 13.4. The first-order valence-electron chi connectivity index (χ1n) is 7.42. The van der Waals surface area contributed by atoms with Gasteiger partial charge in [0.1, 0.15) is 0 Å². The molecule has 18 heavy (non-hydrogen) atoms. The van der Waals surface area contributed by atoms with Crippen molar-refractivity contribution in [2.45, 2.75) is 40.0 Å². The van der Waals surface area contributed by atoms with Gasteiger partial charge in [-0.25, -0.2) is 0 Å². The molecular formula is C16H30N2. The maximum absolute atomic E-state index is 3.16. The van der Waals surface area contributed by atoms with Gasteiger partial charge in [0.25, 0.3) is 0 Å². The Morgan fingerprint density at radius 1 is 1.28 bits per heavy atom. The van der Waals surface area contributed by atoms with E-state index in [9.17, 15) is 0 Å². The number of piperidine rings is 1. The van der Waals surface area contributed by atoms with Gasteiger partial charge in [-0.05, 0) is 51.7 Å². The van der Waals surface area contributed by atoms with Crippen LogP contribution in [0.25, 0.3) is 0 Å². The van der Waals surface area contributed by atoms with Gasteiger partial charge >= 0.3 is 0 Å². The van der Waals surface area contributed by atoms with E-state index in [2.05, 4.69) is 42.5 Å². The minimum absolute atomic E-state index is 0.780. The second kappa shape index (κ2) is 8.56. The van der Waals surface area contributed by atoms with Crippen LogP contribution in [-0.4, -0.2) is 49.6 Å². The van der Waals surface area contributed by atoms with Crippen LogP contribution in [0.15, 0.2) is 0 Å². The fourth-order valence-electron chi connectivity index (χ4n) is 2.87. The molecule has 1 aliphatic heterocycles. The van der Waals surface area contributed by atoms with Crippen LogP contribution >= 0.6 is 0 Å². The van der Waals surface area contributed by atoms with Crippen molar-refractivity contribution in [3.05, 3.63) is 0 Å². The van der Waals surface area contributed by atoms with Crippen molar-refractivity contribution in [1.29, 1.82) is 0 Å². The van der Waals surface area contributed by atoms with E-state index in [4.69, 9.17) is 0 Å². The minimum atomic E-state index is 0.780. The van der Waals surface area contributed by atoms with E-state index in [1.165, 1.54) is 39.0 Å². The molecule has 0 aromatic rings. The molecule has 1 rings (SSSR count). The van der Waals surface area contributed by atoms with Gasteiger partial charge in [-0.3, -0.25) is 0 Å². The third-order valence-electron chi connectivity index (χ3n) is 3.68. The lowest BCUT2D eigenvalue weighted by Gasteiger charge is -2.34. The third-order valence-corrected chi connectivity index (χ3v) is 3.68. The molecule has 0 aliphatic carbocycles. The second-order valence-corrected chi connectivity index (χ2v) is 6.08. The van der Waals surface area contributed by atoms with Crippen LogP contribution in [0.3, 0.4) is 0 Å². The summed E-state index contributed by atoms with van der Waals surface area (Å²) in [6.07, 6.45) is 3.76. The predicted molar refractivity (Wildman–Crippen MR) is 79.6 cm³/mol. The van der Waals surface area contributed by atoms with Crippen LogP contribution in [0, 0.1) is 23.7 Å². The maximum Gasteiger partial charge on any atom is 0.0216 e. The topological polar surface area (TPSA) is 6.48 Å². The molecule has 0 amide bonds. The molecule has 2 nitrogen and oxygen atoms in total. The van der Waals surface area contributed by atoms with Gasteiger partial charge in [0.15, 0.2) is 0 Å². The van der Waals surface area contributed by atoms with Gasteiger partial charge in [0.2, 0.25) is 0 Å². The molecule has 1 fully saturated rings. The lowest BCUT2D eigenvalue weighted by molar-refractivity contribution is 0.151. The van der Waals surface area contributed by atoms with Crippen molar-refractivity contribution >= 4 is 0 Å². The van der Waals surface area contributed by atoms with Crippen molar-refractivity contribution in [2.24, 2.45) is 11.8 Å². The van der Waals surface area contributed by atoms with Gasteiger partial charge in [0.05, 0.1) is 0 Å². The number of hydrogen-bond acceptors (Lipinski definition) is 2. The lowest BCUT2D eigenvalue weighted by Crippen LogP contribution is -2.38. The van der Waals surface area contributed by atoms with Crippen molar-refractivity contribution in [3.8, 4) is 11.8 Å². The summed E-state index contributed by atoms with van der Waals surface area (Å²) in [5.41, 5.74) is 0. The van der Waals surface area contributed by atoms with Gasteiger partial charge in [-0.15, -0.1) is 11.8 Å². The van der Waals surface area contributed by atoms with Crippen molar-refractivity contribution in [2.75, 3.05) is 39.8 Å². The molecule has 1 heterocycles. The highest BCUT2D eigenvalue weighted by molar-refractivity contribution is 4.95. The SMILES string of the molecule is CC#CCCN1CCC(CN(C)CC(C)C)CC1. The zero-order valence-corrected chi connectivity index (χ0v) is 12.7. The summed E-state index contributed by atoms with van der Waals surface area (Å²) in [6.45, 7) is 12.7. The number of rotatable bonds is 6. The van der Waals surface area contributed by atoms with Crippen molar-refractivity contribution in [1.82, 2.24) is 9.80 Å². The Labute approximate surface area is 114 Å². The fraction of sp³-hybridized carbons (Fsp3) is 0.875. The van der Waals surface area contributed by atoms with Crippen LogP contribution in [0.4, 0.5) is 0 Å². The monoisotopic (exact) mass is 250 g/mol. The Morgan fingerprint density at radius 3 is 2.50 bits per heavy atom. The molecule has 1 aliphatic rings. The first-order valence-corrected chi connectivity index (χ1v) is 7.42. The zero-order valence-electron chi connectivity index (χ0n) is 12.7. The quantitative estimate of drug-likeness (QED) is 0.669. The third kappa shape index (κ3) is 6.42. The molecule has 0 unspecified atom stereocenters. The second-order valence-electron chi connectivity index (χ2n) is 6.08. The molecular weight excluding hydrogens is 220 g/mol. The first kappa shape index (κ1) is 15.5. The molecule has 0 atom stereocenters. The summed E-state index contributed by atoms with van der Waals surface area (Å²) in [5.74, 6) is 7.82. The van der Waals surface area contributed by atoms with Gasteiger partial charge < -0.3 is 9.80 Å². The standard InChI is InChI=1S/C16H30N2/c1-5-6-7-10-18-11-8-16(9-12-18)14-17(4)13-15(2)3/h15-16H,7-14H2,1-4H3. The summed E-state index contributed by atoms with van der Waals surface area (Å²) >= 11 is 0. The van der Waals surface area contributed by atoms with E-state index in [0.29, 0.717) is 0 Å². The van der Waals surface area contributed by atoms with E-state index in [-0.39, 0.29) is 0 Å². The normalized spacial score (nSPS) is 18.1. The van der Waals surface area contributed by atoms with Gasteiger partial charge in [-0.1, -0.05) is 13.8 Å². The average molecular weight is 250 g/mol. The first-order chi connectivity index (χ1) is 8.61. The Hall–Kier alpha value is -0.520. The number of likely N-dealkylation sites (tertiary alicyclic amines) is 1. The largest absolute Gasteiger partial charge is 0.306 e. The minimum Gasteiger partial charge on any atom is -0.306 e. The molecule has 0 aromatic heterocycles. The molecule has 2 heteroatoms. The number of hydrogen-bond donors (Lipinski definition) is 0. The summed E-state index contributed by atoms with van der Waals surface area (Å²) in [5, 5.41) is 0. The Bertz CT molecular complexity index is 267. The molecule has 0 saturated carbocycles. The highest BCUT2D eigenvalue weighted by Gasteiger charge is 2.19. The fourth-order valence-corrected chi connectivity index (χ4v) is 2.87. The summed E-state index contributed by atoms with van der Waals surface area (Å²) in [6, 6.07) is 0. The molecule has 104 valence electrons. The lowest BCUT2D eigenvalue weighted by atomic mass is 9.96. The van der Waals surface area contributed by atoms with E-state index >= 15 is 0 Å². The summed E-state index contributed by atoms with van der Waals surface area (Å²) in [4.78, 5) is 5.08. The number of nitrogens with zero attached hydrogens (tertiary/aromatic N) is 2. The predicted octanol–water partition coefficient (Wildman–Crippen LogP) is 2.70. The van der Waals surface area contributed by atoms with Crippen LogP contribution in [-0.2, 0) is 0 Å². The van der Waals surface area contributed by atoms with Crippen LogP contribution in [0.5, 0.6) is 0 Å². The Morgan fingerprint density at radius 2 is 1.94 bits per heavy atom. The van der Waals surface area contributed by atoms with Gasteiger partial charge in [-0.2, -0.15) is 0 Å². The molecule has 0 N–H and O–H groups in total. The van der Waals surface area contributed by atoms with Crippen LogP contribution in [0.2, 0.25) is 0 Å². The van der Waals surface area contributed by atoms with E-state index in [0.717, 1.165) is 24.8 Å².